The standard InChI is InChI=1S/C25H35N3/c1-3-4-5-6-7-9-12-21(2)28(24-13-10-8-11-14-24)18-16-23-19-25-22(20-27-23)15-17-26-25/h8,10-11,13-15,17,19-21,26H,3-7,9,12,16,18H2,1-2H3. The summed E-state index contributed by atoms with van der Waals surface area (Å²) in [6.07, 6.45) is 14.3. The van der Waals surface area contributed by atoms with Gasteiger partial charge in [0.2, 0.25) is 0 Å². The minimum Gasteiger partial charge on any atom is -0.368 e. The number of benzene rings is 1. The molecule has 0 fully saturated rings. The van der Waals surface area contributed by atoms with Crippen molar-refractivity contribution in [2.24, 2.45) is 0 Å². The van der Waals surface area contributed by atoms with E-state index in [1.165, 1.54) is 61.5 Å². The molecule has 0 spiro atoms. The molecule has 1 N–H and O–H groups in total. The molecule has 0 amide bonds. The van der Waals surface area contributed by atoms with Crippen molar-refractivity contribution < 1.29 is 0 Å². The molecule has 0 saturated heterocycles. The Morgan fingerprint density at radius 1 is 1.00 bits per heavy atom. The summed E-state index contributed by atoms with van der Waals surface area (Å²) in [4.78, 5) is 10.5. The van der Waals surface area contributed by atoms with Gasteiger partial charge in [0.25, 0.3) is 0 Å². The Balaban J connectivity index is 1.58. The van der Waals surface area contributed by atoms with Gasteiger partial charge in [0.05, 0.1) is 0 Å². The van der Waals surface area contributed by atoms with Gasteiger partial charge in [-0.3, -0.25) is 4.98 Å². The number of hydrogen-bond acceptors (Lipinski definition) is 2. The lowest BCUT2D eigenvalue weighted by Crippen LogP contribution is -2.35. The van der Waals surface area contributed by atoms with E-state index in [-0.39, 0.29) is 0 Å². The molecule has 28 heavy (non-hydrogen) atoms. The van der Waals surface area contributed by atoms with Crippen LogP contribution in [0, 0.1) is 0 Å². The van der Waals surface area contributed by atoms with Gasteiger partial charge in [-0.05, 0) is 37.6 Å². The number of fused-ring (bicyclic) bond motifs is 1. The van der Waals surface area contributed by atoms with Gasteiger partial charge in [0.1, 0.15) is 0 Å². The molecule has 0 aliphatic heterocycles. The van der Waals surface area contributed by atoms with Crippen molar-refractivity contribution in [2.75, 3.05) is 11.4 Å². The number of rotatable bonds is 12. The zero-order chi connectivity index (χ0) is 19.6. The Labute approximate surface area is 170 Å². The SMILES string of the molecule is CCCCCCCCC(C)N(CCc1cc2[nH]ccc2cn1)c1ccccc1. The van der Waals surface area contributed by atoms with Crippen LogP contribution in [0.25, 0.3) is 10.9 Å². The fraction of sp³-hybridized carbons (Fsp3) is 0.480. The average Bonchev–Trinajstić information content (AvgIpc) is 3.19. The maximum Gasteiger partial charge on any atom is 0.0487 e. The molecule has 3 heteroatoms. The second-order valence-corrected chi connectivity index (χ2v) is 7.92. The first-order valence-corrected chi connectivity index (χ1v) is 11.0. The number of para-hydroxylation sites is 1. The summed E-state index contributed by atoms with van der Waals surface area (Å²) in [6, 6.07) is 15.7. The van der Waals surface area contributed by atoms with E-state index in [2.05, 4.69) is 71.2 Å². The van der Waals surface area contributed by atoms with Crippen LogP contribution in [0.5, 0.6) is 0 Å². The molecule has 1 aromatic carbocycles. The summed E-state index contributed by atoms with van der Waals surface area (Å²) in [5, 5.41) is 1.18. The first-order chi connectivity index (χ1) is 13.8. The van der Waals surface area contributed by atoms with Crippen molar-refractivity contribution in [3.63, 3.8) is 0 Å². The molecule has 0 aliphatic rings. The molecule has 0 saturated carbocycles. The van der Waals surface area contributed by atoms with Gasteiger partial charge in [-0.1, -0.05) is 63.6 Å². The molecule has 2 aromatic heterocycles. The number of nitrogens with zero attached hydrogens (tertiary/aromatic N) is 2. The Hall–Kier alpha value is -2.29. The van der Waals surface area contributed by atoms with E-state index in [9.17, 15) is 0 Å². The quantitative estimate of drug-likeness (QED) is 0.354. The van der Waals surface area contributed by atoms with Crippen molar-refractivity contribution in [3.8, 4) is 0 Å². The van der Waals surface area contributed by atoms with Crippen LogP contribution in [0.2, 0.25) is 0 Å². The molecule has 1 atom stereocenters. The van der Waals surface area contributed by atoms with Crippen LogP contribution in [0.4, 0.5) is 5.69 Å². The van der Waals surface area contributed by atoms with Crippen LogP contribution < -0.4 is 4.90 Å². The predicted molar refractivity (Wildman–Crippen MR) is 121 cm³/mol. The molecule has 150 valence electrons. The molecule has 3 rings (SSSR count). The van der Waals surface area contributed by atoms with E-state index in [4.69, 9.17) is 0 Å². The summed E-state index contributed by atoms with van der Waals surface area (Å²) in [6.45, 7) is 5.66. The van der Waals surface area contributed by atoms with E-state index >= 15 is 0 Å². The average molecular weight is 378 g/mol. The maximum atomic E-state index is 4.66. The van der Waals surface area contributed by atoms with Crippen LogP contribution in [-0.4, -0.2) is 22.6 Å². The number of nitrogens with one attached hydrogen (secondary N) is 1. The highest BCUT2D eigenvalue weighted by atomic mass is 15.2. The van der Waals surface area contributed by atoms with Gasteiger partial charge in [0.15, 0.2) is 0 Å². The highest BCUT2D eigenvalue weighted by molar-refractivity contribution is 5.78. The third-order valence-electron chi connectivity index (χ3n) is 5.70. The predicted octanol–water partition coefficient (Wildman–Crippen LogP) is 6.75. The van der Waals surface area contributed by atoms with Crippen LogP contribution >= 0.6 is 0 Å². The monoisotopic (exact) mass is 377 g/mol. The number of H-pyrrole nitrogens is 1. The van der Waals surface area contributed by atoms with Crippen LogP contribution in [0.3, 0.4) is 0 Å². The first kappa shape index (κ1) is 20.4. The summed E-state index contributed by atoms with van der Waals surface area (Å²) >= 11 is 0. The Bertz CT molecular complexity index is 809. The largest absolute Gasteiger partial charge is 0.368 e. The molecule has 3 aromatic rings. The van der Waals surface area contributed by atoms with E-state index in [0.29, 0.717) is 6.04 Å². The van der Waals surface area contributed by atoms with Crippen LogP contribution in [-0.2, 0) is 6.42 Å². The minimum atomic E-state index is 0.544. The summed E-state index contributed by atoms with van der Waals surface area (Å²) in [5.41, 5.74) is 3.65. The molecule has 0 radical (unpaired) electrons. The van der Waals surface area contributed by atoms with Crippen molar-refractivity contribution in [1.29, 1.82) is 0 Å². The molecular weight excluding hydrogens is 342 g/mol. The lowest BCUT2D eigenvalue weighted by atomic mass is 10.0. The smallest absolute Gasteiger partial charge is 0.0487 e. The molecule has 0 aliphatic carbocycles. The highest BCUT2D eigenvalue weighted by Crippen LogP contribution is 2.21. The second-order valence-electron chi connectivity index (χ2n) is 7.92. The van der Waals surface area contributed by atoms with Crippen LogP contribution in [0.15, 0.2) is 54.9 Å². The maximum absolute atomic E-state index is 4.66. The Kier molecular flexibility index (Phi) is 7.95. The van der Waals surface area contributed by atoms with Gasteiger partial charge in [-0.25, -0.2) is 0 Å². The van der Waals surface area contributed by atoms with Crippen molar-refractivity contribution >= 4 is 16.6 Å². The first-order valence-electron chi connectivity index (χ1n) is 11.0. The molecule has 3 nitrogen and oxygen atoms in total. The number of hydrogen-bond donors (Lipinski definition) is 1. The number of aromatic amines is 1. The zero-order valence-electron chi connectivity index (χ0n) is 17.5. The van der Waals surface area contributed by atoms with Crippen molar-refractivity contribution in [3.05, 3.63) is 60.6 Å². The van der Waals surface area contributed by atoms with Gasteiger partial charge >= 0.3 is 0 Å². The summed E-state index contributed by atoms with van der Waals surface area (Å²) in [7, 11) is 0. The number of anilines is 1. The molecule has 1 unspecified atom stereocenters. The van der Waals surface area contributed by atoms with Crippen LogP contribution in [0.1, 0.15) is 64.5 Å². The van der Waals surface area contributed by atoms with Gasteiger partial charge in [0, 0.05) is 53.7 Å². The number of aromatic nitrogens is 2. The lowest BCUT2D eigenvalue weighted by molar-refractivity contribution is 0.525. The zero-order valence-corrected chi connectivity index (χ0v) is 17.5. The molecular formula is C25H35N3. The third kappa shape index (κ3) is 5.85. The van der Waals surface area contributed by atoms with E-state index in [0.717, 1.165) is 18.7 Å². The molecule has 2 heterocycles. The van der Waals surface area contributed by atoms with E-state index in [1.54, 1.807) is 0 Å². The Morgan fingerprint density at radius 2 is 1.79 bits per heavy atom. The third-order valence-corrected chi connectivity index (χ3v) is 5.70. The lowest BCUT2D eigenvalue weighted by Gasteiger charge is -2.31. The second kappa shape index (κ2) is 10.9. The number of unbranched alkanes of at least 4 members (excludes halogenated alkanes) is 5. The summed E-state index contributed by atoms with van der Waals surface area (Å²) in [5.74, 6) is 0. The fourth-order valence-corrected chi connectivity index (χ4v) is 3.96. The normalized spacial score (nSPS) is 12.4. The summed E-state index contributed by atoms with van der Waals surface area (Å²) < 4.78 is 0. The Morgan fingerprint density at radius 3 is 2.61 bits per heavy atom. The van der Waals surface area contributed by atoms with Gasteiger partial charge in [-0.2, -0.15) is 0 Å². The van der Waals surface area contributed by atoms with Crippen molar-refractivity contribution in [2.45, 2.75) is 71.3 Å². The minimum absolute atomic E-state index is 0.544. The van der Waals surface area contributed by atoms with Crippen molar-refractivity contribution in [1.82, 2.24) is 9.97 Å². The topological polar surface area (TPSA) is 31.9 Å². The van der Waals surface area contributed by atoms with Gasteiger partial charge < -0.3 is 9.88 Å². The highest BCUT2D eigenvalue weighted by Gasteiger charge is 2.14. The fourth-order valence-electron chi connectivity index (χ4n) is 3.96. The van der Waals surface area contributed by atoms with E-state index < -0.39 is 0 Å². The number of pyridine rings is 1. The molecule has 0 bridgehead atoms. The van der Waals surface area contributed by atoms with E-state index in [1.807, 2.05) is 12.4 Å². The van der Waals surface area contributed by atoms with Gasteiger partial charge in [-0.15, -0.1) is 0 Å².